The molecule has 1 rings (SSSR count). The number of esters is 1. The summed E-state index contributed by atoms with van der Waals surface area (Å²) in [6.07, 6.45) is 1.47. The second-order valence-electron chi connectivity index (χ2n) is 2.07. The van der Waals surface area contributed by atoms with Crippen LogP contribution in [0.5, 0.6) is 0 Å². The molecule has 1 heterocycles. The van der Waals surface area contributed by atoms with Gasteiger partial charge in [0, 0.05) is 6.20 Å². The molecule has 0 bridgehead atoms. The minimum atomic E-state index is -0.408. The van der Waals surface area contributed by atoms with E-state index in [-0.39, 0.29) is 0 Å². The molecule has 0 saturated heterocycles. The molecule has 1 aromatic rings. The van der Waals surface area contributed by atoms with Gasteiger partial charge in [-0.15, -0.1) is 0 Å². The number of carbonyl (C=O) groups excluding carboxylic acids is 1. The van der Waals surface area contributed by atoms with E-state index in [0.29, 0.717) is 11.4 Å². The third kappa shape index (κ3) is 1.70. The van der Waals surface area contributed by atoms with Crippen molar-refractivity contribution in [2.45, 2.75) is 0 Å². The highest BCUT2D eigenvalue weighted by atomic mass is 16.5. The summed E-state index contributed by atoms with van der Waals surface area (Å²) in [5, 5.41) is 0. The summed E-state index contributed by atoms with van der Waals surface area (Å²) in [6.45, 7) is 0. The molecule has 12 heavy (non-hydrogen) atoms. The summed E-state index contributed by atoms with van der Waals surface area (Å²) < 4.78 is 4.50. The molecule has 0 unspecified atom stereocenters. The standard InChI is InChI=1S/C7H9N3O2/c1-12-7(11)5-2-3-9-6(4-5)10-8/h2-4H,8H2,1H3,(H,9,10). The molecule has 0 spiro atoms. The number of nitrogens with zero attached hydrogens (tertiary/aromatic N) is 1. The second kappa shape index (κ2) is 3.68. The van der Waals surface area contributed by atoms with Crippen molar-refractivity contribution >= 4 is 11.8 Å². The lowest BCUT2D eigenvalue weighted by Crippen LogP contribution is -2.10. The molecule has 0 aromatic carbocycles. The van der Waals surface area contributed by atoms with Crippen LogP contribution >= 0.6 is 0 Å². The summed E-state index contributed by atoms with van der Waals surface area (Å²) in [4.78, 5) is 14.8. The number of methoxy groups -OCH3 is 1. The van der Waals surface area contributed by atoms with Crippen molar-refractivity contribution in [3.63, 3.8) is 0 Å². The molecule has 0 atom stereocenters. The van der Waals surface area contributed by atoms with Crippen LogP contribution in [0.3, 0.4) is 0 Å². The van der Waals surface area contributed by atoms with Gasteiger partial charge in [-0.25, -0.2) is 15.6 Å². The van der Waals surface area contributed by atoms with Gasteiger partial charge < -0.3 is 10.2 Å². The van der Waals surface area contributed by atoms with E-state index in [1.165, 1.54) is 19.4 Å². The van der Waals surface area contributed by atoms with Gasteiger partial charge in [0.1, 0.15) is 5.82 Å². The van der Waals surface area contributed by atoms with Crippen LogP contribution < -0.4 is 11.3 Å². The molecule has 0 aliphatic carbocycles. The Labute approximate surface area is 69.5 Å². The number of pyridine rings is 1. The van der Waals surface area contributed by atoms with Crippen molar-refractivity contribution in [1.82, 2.24) is 4.98 Å². The molecule has 0 amide bonds. The van der Waals surface area contributed by atoms with E-state index in [2.05, 4.69) is 15.1 Å². The molecule has 64 valence electrons. The lowest BCUT2D eigenvalue weighted by molar-refractivity contribution is 0.0600. The molecule has 0 aliphatic rings. The van der Waals surface area contributed by atoms with Crippen LogP contribution in [0.15, 0.2) is 18.3 Å². The highest BCUT2D eigenvalue weighted by molar-refractivity contribution is 5.89. The molecule has 5 nitrogen and oxygen atoms in total. The molecular weight excluding hydrogens is 158 g/mol. The topological polar surface area (TPSA) is 77.2 Å². The summed E-state index contributed by atoms with van der Waals surface area (Å²) in [5.41, 5.74) is 2.74. The minimum absolute atomic E-state index is 0.408. The Kier molecular flexibility index (Phi) is 2.60. The van der Waals surface area contributed by atoms with Crippen molar-refractivity contribution in [2.75, 3.05) is 12.5 Å². The summed E-state index contributed by atoms with van der Waals surface area (Å²) in [5.74, 6) is 5.12. The van der Waals surface area contributed by atoms with Gasteiger partial charge in [0.05, 0.1) is 12.7 Å². The number of nitrogen functional groups attached to an aromatic ring is 1. The van der Waals surface area contributed by atoms with Crippen LogP contribution in [0, 0.1) is 0 Å². The Morgan fingerprint density at radius 1 is 1.75 bits per heavy atom. The third-order valence-electron chi connectivity index (χ3n) is 1.33. The number of hydrogen-bond donors (Lipinski definition) is 2. The minimum Gasteiger partial charge on any atom is -0.465 e. The Hall–Kier alpha value is -1.62. The zero-order valence-corrected chi connectivity index (χ0v) is 6.57. The average Bonchev–Trinajstić information content (AvgIpc) is 2.17. The van der Waals surface area contributed by atoms with Crippen LogP contribution in [0.2, 0.25) is 0 Å². The molecule has 0 radical (unpaired) electrons. The zero-order valence-electron chi connectivity index (χ0n) is 6.57. The van der Waals surface area contributed by atoms with Crippen molar-refractivity contribution in [2.24, 2.45) is 5.84 Å². The molecule has 0 aliphatic heterocycles. The molecule has 5 heteroatoms. The van der Waals surface area contributed by atoms with Gasteiger partial charge >= 0.3 is 5.97 Å². The molecule has 0 saturated carbocycles. The fourth-order valence-corrected chi connectivity index (χ4v) is 0.754. The van der Waals surface area contributed by atoms with E-state index in [4.69, 9.17) is 5.84 Å². The maximum Gasteiger partial charge on any atom is 0.338 e. The lowest BCUT2D eigenvalue weighted by Gasteiger charge is -2.00. The number of aromatic nitrogens is 1. The quantitative estimate of drug-likeness (QED) is 0.372. The van der Waals surface area contributed by atoms with Gasteiger partial charge in [-0.2, -0.15) is 0 Å². The normalized spacial score (nSPS) is 9.17. The number of ether oxygens (including phenoxy) is 1. The maximum atomic E-state index is 11.0. The molecule has 0 fully saturated rings. The maximum absolute atomic E-state index is 11.0. The smallest absolute Gasteiger partial charge is 0.338 e. The van der Waals surface area contributed by atoms with Gasteiger partial charge in [0.25, 0.3) is 0 Å². The Morgan fingerprint density at radius 2 is 2.50 bits per heavy atom. The van der Waals surface area contributed by atoms with E-state index in [9.17, 15) is 4.79 Å². The molecule has 3 N–H and O–H groups in total. The number of anilines is 1. The van der Waals surface area contributed by atoms with Crippen molar-refractivity contribution in [3.8, 4) is 0 Å². The fraction of sp³-hybridized carbons (Fsp3) is 0.143. The first-order valence-electron chi connectivity index (χ1n) is 3.29. The van der Waals surface area contributed by atoms with Gasteiger partial charge in [-0.3, -0.25) is 0 Å². The van der Waals surface area contributed by atoms with Gasteiger partial charge in [-0.05, 0) is 12.1 Å². The number of nitrogens with two attached hydrogens (primary N) is 1. The SMILES string of the molecule is COC(=O)c1ccnc(NN)c1. The summed E-state index contributed by atoms with van der Waals surface area (Å²) in [6, 6.07) is 3.05. The largest absolute Gasteiger partial charge is 0.465 e. The average molecular weight is 167 g/mol. The molecule has 1 aromatic heterocycles. The van der Waals surface area contributed by atoms with Crippen LogP contribution in [-0.4, -0.2) is 18.1 Å². The van der Waals surface area contributed by atoms with E-state index < -0.39 is 5.97 Å². The van der Waals surface area contributed by atoms with Crippen LogP contribution in [0.25, 0.3) is 0 Å². The zero-order chi connectivity index (χ0) is 8.97. The lowest BCUT2D eigenvalue weighted by atomic mass is 10.3. The first kappa shape index (κ1) is 8.48. The Balaban J connectivity index is 2.93. The van der Waals surface area contributed by atoms with E-state index >= 15 is 0 Å². The molecular formula is C7H9N3O2. The van der Waals surface area contributed by atoms with Crippen molar-refractivity contribution in [1.29, 1.82) is 0 Å². The second-order valence-corrected chi connectivity index (χ2v) is 2.07. The van der Waals surface area contributed by atoms with E-state index in [0.717, 1.165) is 0 Å². The van der Waals surface area contributed by atoms with Gasteiger partial charge in [0.2, 0.25) is 0 Å². The highest BCUT2D eigenvalue weighted by Crippen LogP contribution is 2.05. The number of carbonyl (C=O) groups is 1. The van der Waals surface area contributed by atoms with Gasteiger partial charge in [0.15, 0.2) is 0 Å². The monoisotopic (exact) mass is 167 g/mol. The highest BCUT2D eigenvalue weighted by Gasteiger charge is 2.04. The summed E-state index contributed by atoms with van der Waals surface area (Å²) >= 11 is 0. The summed E-state index contributed by atoms with van der Waals surface area (Å²) in [7, 11) is 1.32. The number of rotatable bonds is 2. The predicted octanol–water partition coefficient (Wildman–Crippen LogP) is 0.154. The first-order chi connectivity index (χ1) is 5.77. The van der Waals surface area contributed by atoms with Crippen LogP contribution in [0.1, 0.15) is 10.4 Å². The van der Waals surface area contributed by atoms with Crippen molar-refractivity contribution < 1.29 is 9.53 Å². The first-order valence-corrected chi connectivity index (χ1v) is 3.29. The van der Waals surface area contributed by atoms with E-state index in [1.807, 2.05) is 0 Å². The van der Waals surface area contributed by atoms with E-state index in [1.54, 1.807) is 6.07 Å². The number of hydrogen-bond acceptors (Lipinski definition) is 5. The number of nitrogens with one attached hydrogen (secondary N) is 1. The van der Waals surface area contributed by atoms with Gasteiger partial charge in [-0.1, -0.05) is 0 Å². The van der Waals surface area contributed by atoms with Crippen LogP contribution in [0.4, 0.5) is 5.82 Å². The Morgan fingerprint density at radius 3 is 3.08 bits per heavy atom. The Bertz CT molecular complexity index is 288. The third-order valence-corrected chi connectivity index (χ3v) is 1.33. The number of hydrazine groups is 1. The van der Waals surface area contributed by atoms with Crippen molar-refractivity contribution in [3.05, 3.63) is 23.9 Å². The van der Waals surface area contributed by atoms with Crippen LogP contribution in [-0.2, 0) is 4.74 Å². The predicted molar refractivity (Wildman–Crippen MR) is 43.4 cm³/mol. The fourth-order valence-electron chi connectivity index (χ4n) is 0.754.